The van der Waals surface area contributed by atoms with Gasteiger partial charge in [0.15, 0.2) is 0 Å². The quantitative estimate of drug-likeness (QED) is 0.488. The Bertz CT molecular complexity index is 617. The second kappa shape index (κ2) is 4.58. The summed E-state index contributed by atoms with van der Waals surface area (Å²) in [6, 6.07) is 8.70. The second-order valence-corrected chi connectivity index (χ2v) is 7.33. The zero-order valence-corrected chi connectivity index (χ0v) is 12.6. The maximum absolute atomic E-state index is 2.50. The van der Waals surface area contributed by atoms with Crippen LogP contribution in [0.5, 0.6) is 0 Å². The summed E-state index contributed by atoms with van der Waals surface area (Å²) in [7, 11) is 0. The highest BCUT2D eigenvalue weighted by Gasteiger charge is 2.14. The van der Waals surface area contributed by atoms with Gasteiger partial charge >= 0.3 is 0 Å². The van der Waals surface area contributed by atoms with E-state index in [0.717, 1.165) is 6.42 Å². The normalized spacial score (nSPS) is 16.5. The van der Waals surface area contributed by atoms with E-state index in [1.54, 1.807) is 0 Å². The molecule has 1 unspecified atom stereocenters. The van der Waals surface area contributed by atoms with Crippen LogP contribution in [0.3, 0.4) is 0 Å². The molecule has 0 radical (unpaired) electrons. The molecule has 1 aromatic heterocycles. The molecule has 1 aromatic carbocycles. The Labute approximate surface area is 119 Å². The van der Waals surface area contributed by atoms with Crippen molar-refractivity contribution in [3.8, 4) is 0 Å². The first kappa shape index (κ1) is 11.5. The number of alkyl halides is 1. The summed E-state index contributed by atoms with van der Waals surface area (Å²) in [5.74, 6) is 0. The van der Waals surface area contributed by atoms with E-state index in [1.807, 2.05) is 11.3 Å². The molecule has 0 spiro atoms. The van der Waals surface area contributed by atoms with Crippen molar-refractivity contribution in [2.24, 2.45) is 0 Å². The maximum Gasteiger partial charge on any atom is 0.0352 e. The lowest BCUT2D eigenvalue weighted by molar-refractivity contribution is 1.07. The number of hydrogen-bond acceptors (Lipinski definition) is 1. The fourth-order valence-electron chi connectivity index (χ4n) is 2.22. The van der Waals surface area contributed by atoms with Crippen LogP contribution in [0.2, 0.25) is 0 Å². The fourth-order valence-corrected chi connectivity index (χ4v) is 3.87. The standard InChI is InChI=1S/C15H13IS/c1-10(16)11-5-4-7-13-12-6-2-3-8-14(12)17-15(13)9-11/h2-8,10H,9H2,1H3. The first-order chi connectivity index (χ1) is 8.25. The summed E-state index contributed by atoms with van der Waals surface area (Å²) in [4.78, 5) is 1.51. The van der Waals surface area contributed by atoms with Crippen LogP contribution < -0.4 is 0 Å². The highest BCUT2D eigenvalue weighted by atomic mass is 127. The molecule has 0 N–H and O–H groups in total. The average Bonchev–Trinajstić information content (AvgIpc) is 2.53. The van der Waals surface area contributed by atoms with Crippen LogP contribution >= 0.6 is 33.9 Å². The minimum atomic E-state index is 0.605. The topological polar surface area (TPSA) is 0 Å². The van der Waals surface area contributed by atoms with E-state index in [4.69, 9.17) is 0 Å². The lowest BCUT2D eigenvalue weighted by Gasteiger charge is -2.07. The van der Waals surface area contributed by atoms with Crippen LogP contribution in [0.15, 0.2) is 42.0 Å². The van der Waals surface area contributed by atoms with Gasteiger partial charge in [-0.25, -0.2) is 0 Å². The van der Waals surface area contributed by atoms with E-state index < -0.39 is 0 Å². The number of allylic oxidation sites excluding steroid dienone is 3. The van der Waals surface area contributed by atoms with E-state index in [9.17, 15) is 0 Å². The average molecular weight is 352 g/mol. The molecule has 0 fully saturated rings. The Kier molecular flexibility index (Phi) is 3.09. The van der Waals surface area contributed by atoms with Crippen LogP contribution in [-0.4, -0.2) is 3.92 Å². The van der Waals surface area contributed by atoms with Crippen molar-refractivity contribution >= 4 is 50.1 Å². The second-order valence-electron chi connectivity index (χ2n) is 4.33. The summed E-state index contributed by atoms with van der Waals surface area (Å²) < 4.78 is 2.01. The summed E-state index contributed by atoms with van der Waals surface area (Å²) in [5, 5.41) is 1.40. The van der Waals surface area contributed by atoms with Crippen molar-refractivity contribution in [1.29, 1.82) is 0 Å². The predicted molar refractivity (Wildman–Crippen MR) is 86.1 cm³/mol. The first-order valence-corrected chi connectivity index (χ1v) is 7.83. The minimum Gasteiger partial charge on any atom is -0.139 e. The van der Waals surface area contributed by atoms with Gasteiger partial charge in [-0.05, 0) is 23.9 Å². The van der Waals surface area contributed by atoms with E-state index in [1.165, 1.54) is 26.1 Å². The van der Waals surface area contributed by atoms with Gasteiger partial charge in [-0.2, -0.15) is 0 Å². The molecule has 0 nitrogen and oxygen atoms in total. The molecule has 2 heteroatoms. The predicted octanol–water partition coefficient (Wildman–Crippen LogP) is 5.22. The minimum absolute atomic E-state index is 0.605. The number of hydrogen-bond donors (Lipinski definition) is 0. The Morgan fingerprint density at radius 1 is 1.29 bits per heavy atom. The third-order valence-corrected chi connectivity index (χ3v) is 5.15. The van der Waals surface area contributed by atoms with Gasteiger partial charge in [0.25, 0.3) is 0 Å². The monoisotopic (exact) mass is 352 g/mol. The van der Waals surface area contributed by atoms with Gasteiger partial charge in [-0.15, -0.1) is 11.3 Å². The lowest BCUT2D eigenvalue weighted by Crippen LogP contribution is -1.98. The smallest absolute Gasteiger partial charge is 0.0352 e. The maximum atomic E-state index is 2.50. The van der Waals surface area contributed by atoms with Crippen LogP contribution in [0.25, 0.3) is 16.2 Å². The Balaban J connectivity index is 2.16. The van der Waals surface area contributed by atoms with Gasteiger partial charge in [0.05, 0.1) is 0 Å². The van der Waals surface area contributed by atoms with Gasteiger partial charge in [0.2, 0.25) is 0 Å². The van der Waals surface area contributed by atoms with Crippen LogP contribution in [-0.2, 0) is 6.42 Å². The third kappa shape index (κ3) is 2.08. The largest absolute Gasteiger partial charge is 0.139 e. The van der Waals surface area contributed by atoms with Gasteiger partial charge in [-0.1, -0.05) is 64.6 Å². The number of benzene rings is 1. The molecular weight excluding hydrogens is 339 g/mol. The van der Waals surface area contributed by atoms with E-state index in [0.29, 0.717) is 3.92 Å². The Morgan fingerprint density at radius 3 is 2.94 bits per heavy atom. The highest BCUT2D eigenvalue weighted by Crippen LogP contribution is 2.36. The molecule has 3 rings (SSSR count). The zero-order chi connectivity index (χ0) is 11.8. The molecule has 1 heterocycles. The first-order valence-electron chi connectivity index (χ1n) is 5.77. The third-order valence-electron chi connectivity index (χ3n) is 3.16. The molecule has 1 aliphatic carbocycles. The summed E-state index contributed by atoms with van der Waals surface area (Å²) in [6.07, 6.45) is 7.85. The van der Waals surface area contributed by atoms with E-state index in [2.05, 4.69) is 72.0 Å². The van der Waals surface area contributed by atoms with Crippen molar-refractivity contribution in [2.45, 2.75) is 17.3 Å². The Hall–Kier alpha value is -0.610. The molecule has 86 valence electrons. The van der Waals surface area contributed by atoms with Gasteiger partial charge in [0.1, 0.15) is 0 Å². The molecule has 1 aliphatic rings. The van der Waals surface area contributed by atoms with Crippen molar-refractivity contribution in [2.75, 3.05) is 0 Å². The molecule has 0 saturated carbocycles. The van der Waals surface area contributed by atoms with E-state index >= 15 is 0 Å². The van der Waals surface area contributed by atoms with Gasteiger partial charge < -0.3 is 0 Å². The van der Waals surface area contributed by atoms with Crippen molar-refractivity contribution in [3.63, 3.8) is 0 Å². The highest BCUT2D eigenvalue weighted by molar-refractivity contribution is 14.1. The lowest BCUT2D eigenvalue weighted by atomic mass is 10.1. The molecule has 1 atom stereocenters. The SMILES string of the molecule is CC(I)C1=CC=Cc2c(sc3ccccc23)C1. The fraction of sp³-hybridized carbons (Fsp3) is 0.200. The van der Waals surface area contributed by atoms with Crippen LogP contribution in [0.4, 0.5) is 0 Å². The van der Waals surface area contributed by atoms with Gasteiger partial charge in [0, 0.05) is 19.9 Å². The number of thiophene rings is 1. The van der Waals surface area contributed by atoms with Crippen molar-refractivity contribution in [3.05, 3.63) is 52.4 Å². The van der Waals surface area contributed by atoms with Crippen LogP contribution in [0, 0.1) is 0 Å². The molecule has 0 bridgehead atoms. The summed E-state index contributed by atoms with van der Waals surface area (Å²) in [5.41, 5.74) is 2.95. The molecule has 0 saturated heterocycles. The van der Waals surface area contributed by atoms with E-state index in [-0.39, 0.29) is 0 Å². The van der Waals surface area contributed by atoms with Gasteiger partial charge in [-0.3, -0.25) is 0 Å². The Morgan fingerprint density at radius 2 is 2.12 bits per heavy atom. The number of rotatable bonds is 1. The molecule has 2 aromatic rings. The number of halogens is 1. The summed E-state index contributed by atoms with van der Waals surface area (Å²) >= 11 is 4.44. The summed E-state index contributed by atoms with van der Waals surface area (Å²) in [6.45, 7) is 2.26. The number of fused-ring (bicyclic) bond motifs is 3. The molecular formula is C15H13IS. The van der Waals surface area contributed by atoms with Crippen molar-refractivity contribution in [1.82, 2.24) is 0 Å². The molecule has 0 aliphatic heterocycles. The van der Waals surface area contributed by atoms with Crippen LogP contribution in [0.1, 0.15) is 17.4 Å². The molecule has 0 amide bonds. The van der Waals surface area contributed by atoms with Crippen molar-refractivity contribution < 1.29 is 0 Å². The zero-order valence-electron chi connectivity index (χ0n) is 9.61. The molecule has 17 heavy (non-hydrogen) atoms.